The van der Waals surface area contributed by atoms with Gasteiger partial charge in [-0.05, 0) is 45.5 Å². The number of carbonyl (C=O) groups is 1. The van der Waals surface area contributed by atoms with Gasteiger partial charge in [-0.3, -0.25) is 14.4 Å². The molecule has 3 rings (SSSR count). The zero-order valence-corrected chi connectivity index (χ0v) is 17.7. The number of likely N-dealkylation sites (N-methyl/N-ethyl adjacent to an activating group) is 1. The summed E-state index contributed by atoms with van der Waals surface area (Å²) in [6.45, 7) is 4.56. The van der Waals surface area contributed by atoms with E-state index in [1.165, 1.54) is 0 Å². The number of aryl methyl sites for hydroxylation is 1. The van der Waals surface area contributed by atoms with E-state index in [-0.39, 0.29) is 30.0 Å². The normalized spacial score (nSPS) is 18.0. The van der Waals surface area contributed by atoms with Crippen molar-refractivity contribution in [3.8, 4) is 6.07 Å². The number of sulfone groups is 1. The van der Waals surface area contributed by atoms with E-state index in [9.17, 15) is 13.2 Å². The van der Waals surface area contributed by atoms with Gasteiger partial charge in [-0.1, -0.05) is 6.07 Å². The molecule has 1 aliphatic heterocycles. The number of nitrogens with one attached hydrogen (secondary N) is 1. The molecule has 0 aliphatic carbocycles. The topological polar surface area (TPSA) is 108 Å². The Morgan fingerprint density at radius 2 is 2.17 bits per heavy atom. The number of aromatic nitrogens is 2. The highest BCUT2D eigenvalue weighted by Gasteiger charge is 2.31. The lowest BCUT2D eigenvalue weighted by atomic mass is 10.1. The van der Waals surface area contributed by atoms with E-state index >= 15 is 0 Å². The Morgan fingerprint density at radius 1 is 1.41 bits per heavy atom. The second kappa shape index (κ2) is 8.35. The zero-order chi connectivity index (χ0) is 21.2. The number of nitrogens with zero attached hydrogens (tertiary/aromatic N) is 4. The minimum atomic E-state index is -2.98. The Hall–Kier alpha value is -2.70. The maximum atomic E-state index is 12.3. The fraction of sp³-hybridized carbons (Fsp3) is 0.450. The number of hydrogen-bond donors (Lipinski definition) is 1. The third kappa shape index (κ3) is 5.02. The van der Waals surface area contributed by atoms with Gasteiger partial charge in [-0.15, -0.1) is 0 Å². The molecule has 1 N–H and O–H groups in total. The van der Waals surface area contributed by atoms with E-state index in [1.807, 2.05) is 36.5 Å². The molecule has 29 heavy (non-hydrogen) atoms. The van der Waals surface area contributed by atoms with Crippen LogP contribution in [0.5, 0.6) is 0 Å². The van der Waals surface area contributed by atoms with E-state index in [1.54, 1.807) is 24.3 Å². The molecule has 2 heterocycles. The van der Waals surface area contributed by atoms with Crippen LogP contribution < -0.4 is 5.32 Å². The first-order valence-electron chi connectivity index (χ1n) is 9.42. The van der Waals surface area contributed by atoms with Crippen LogP contribution in [0.4, 0.5) is 5.69 Å². The van der Waals surface area contributed by atoms with Crippen LogP contribution in [0, 0.1) is 25.2 Å². The van der Waals surface area contributed by atoms with Gasteiger partial charge in [0.2, 0.25) is 5.91 Å². The Kier molecular flexibility index (Phi) is 6.05. The molecule has 1 atom stereocenters. The lowest BCUT2D eigenvalue weighted by Gasteiger charge is -2.17. The maximum Gasteiger partial charge on any atom is 0.238 e. The third-order valence-corrected chi connectivity index (χ3v) is 6.90. The van der Waals surface area contributed by atoms with Gasteiger partial charge in [-0.2, -0.15) is 10.4 Å². The first-order valence-corrected chi connectivity index (χ1v) is 11.2. The van der Waals surface area contributed by atoms with Crippen molar-refractivity contribution in [2.45, 2.75) is 32.9 Å². The van der Waals surface area contributed by atoms with Crippen molar-refractivity contribution in [3.63, 3.8) is 0 Å². The van der Waals surface area contributed by atoms with Gasteiger partial charge >= 0.3 is 0 Å². The number of benzene rings is 1. The van der Waals surface area contributed by atoms with Crippen LogP contribution in [-0.4, -0.2) is 54.1 Å². The van der Waals surface area contributed by atoms with Crippen LogP contribution in [0.15, 0.2) is 24.3 Å². The van der Waals surface area contributed by atoms with Gasteiger partial charge in [0.25, 0.3) is 0 Å². The number of nitriles is 1. The number of rotatable bonds is 6. The van der Waals surface area contributed by atoms with Crippen LogP contribution in [-0.2, 0) is 21.2 Å². The fourth-order valence-corrected chi connectivity index (χ4v) is 5.38. The number of amides is 1. The molecule has 1 fully saturated rings. The number of carbonyl (C=O) groups excluding carboxylic acids is 1. The lowest BCUT2D eigenvalue weighted by molar-refractivity contribution is -0.117. The molecule has 1 aromatic heterocycles. The lowest BCUT2D eigenvalue weighted by Crippen LogP contribution is -2.30. The highest BCUT2D eigenvalue weighted by atomic mass is 32.2. The first kappa shape index (κ1) is 21.0. The molecule has 1 aliphatic rings. The van der Waals surface area contributed by atoms with E-state index in [2.05, 4.69) is 10.4 Å². The summed E-state index contributed by atoms with van der Waals surface area (Å²) in [5.74, 6) is 0.166. The van der Waals surface area contributed by atoms with Gasteiger partial charge in [0.1, 0.15) is 0 Å². The second-order valence-electron chi connectivity index (χ2n) is 7.56. The molecular weight excluding hydrogens is 390 g/mol. The van der Waals surface area contributed by atoms with Gasteiger partial charge in [-0.25, -0.2) is 8.42 Å². The molecule has 0 saturated carbocycles. The van der Waals surface area contributed by atoms with Crippen molar-refractivity contribution >= 4 is 21.4 Å². The van der Waals surface area contributed by atoms with Gasteiger partial charge in [0, 0.05) is 23.5 Å². The van der Waals surface area contributed by atoms with E-state index in [0.29, 0.717) is 24.2 Å². The molecule has 8 nitrogen and oxygen atoms in total. The van der Waals surface area contributed by atoms with Crippen molar-refractivity contribution in [3.05, 3.63) is 46.8 Å². The van der Waals surface area contributed by atoms with Crippen molar-refractivity contribution in [1.82, 2.24) is 14.7 Å². The quantitative estimate of drug-likeness (QED) is 0.771. The van der Waals surface area contributed by atoms with Gasteiger partial charge in [0.15, 0.2) is 9.84 Å². The molecule has 2 aromatic rings. The average Bonchev–Trinajstić information content (AvgIpc) is 3.15. The van der Waals surface area contributed by atoms with Gasteiger partial charge < -0.3 is 5.32 Å². The zero-order valence-electron chi connectivity index (χ0n) is 16.8. The summed E-state index contributed by atoms with van der Waals surface area (Å²) < 4.78 is 25.4. The summed E-state index contributed by atoms with van der Waals surface area (Å²) >= 11 is 0. The summed E-state index contributed by atoms with van der Waals surface area (Å²) in [4.78, 5) is 14.2. The number of anilines is 1. The molecule has 154 valence electrons. The van der Waals surface area contributed by atoms with Crippen LogP contribution in [0.2, 0.25) is 0 Å². The second-order valence-corrected chi connectivity index (χ2v) is 9.79. The molecule has 1 saturated heterocycles. The minimum Gasteiger partial charge on any atom is -0.325 e. The first-order chi connectivity index (χ1) is 13.7. The molecule has 0 bridgehead atoms. The highest BCUT2D eigenvalue weighted by Crippen LogP contribution is 2.27. The third-order valence-electron chi connectivity index (χ3n) is 5.15. The Balaban J connectivity index is 1.64. The molecule has 0 spiro atoms. The fourth-order valence-electron chi connectivity index (χ4n) is 3.69. The molecule has 1 amide bonds. The van der Waals surface area contributed by atoms with E-state index in [4.69, 9.17) is 5.26 Å². The van der Waals surface area contributed by atoms with Crippen molar-refractivity contribution in [2.24, 2.45) is 0 Å². The van der Waals surface area contributed by atoms with Crippen LogP contribution in [0.1, 0.15) is 35.0 Å². The van der Waals surface area contributed by atoms with E-state index < -0.39 is 9.84 Å². The monoisotopic (exact) mass is 415 g/mol. The molecule has 0 radical (unpaired) electrons. The number of hydrogen-bond acceptors (Lipinski definition) is 6. The smallest absolute Gasteiger partial charge is 0.238 e. The minimum absolute atomic E-state index is 0.117. The Labute approximate surface area is 171 Å². The average molecular weight is 416 g/mol. The molecule has 0 unspecified atom stereocenters. The Morgan fingerprint density at radius 3 is 2.83 bits per heavy atom. The molecular formula is C20H25N5O3S. The predicted molar refractivity (Wildman–Crippen MR) is 110 cm³/mol. The van der Waals surface area contributed by atoms with Crippen LogP contribution >= 0.6 is 0 Å². The van der Waals surface area contributed by atoms with Crippen LogP contribution in [0.3, 0.4) is 0 Å². The predicted octanol–water partition coefficient (Wildman–Crippen LogP) is 1.80. The van der Waals surface area contributed by atoms with Crippen molar-refractivity contribution in [1.29, 1.82) is 5.26 Å². The summed E-state index contributed by atoms with van der Waals surface area (Å²) in [7, 11) is -1.13. The standard InChI is InChI=1S/C20H25N5O3S/c1-14-19(15(2)25(23-14)18-7-8-29(27,28)13-18)11-24(3)12-20(26)22-17-6-4-5-16(9-17)10-21/h4-6,9,18H,7-8,11-13H2,1-3H3,(H,22,26)/t18-/m1/s1. The summed E-state index contributed by atoms with van der Waals surface area (Å²) in [6, 6.07) is 8.71. The molecule has 1 aromatic carbocycles. The summed E-state index contributed by atoms with van der Waals surface area (Å²) in [5, 5.41) is 16.3. The van der Waals surface area contributed by atoms with E-state index in [0.717, 1.165) is 17.0 Å². The SMILES string of the molecule is Cc1nn([C@@H]2CCS(=O)(=O)C2)c(C)c1CN(C)CC(=O)Nc1cccc(C#N)c1. The summed E-state index contributed by atoms with van der Waals surface area (Å²) in [5.41, 5.74) is 3.88. The maximum absolute atomic E-state index is 12.3. The molecule has 9 heteroatoms. The summed E-state index contributed by atoms with van der Waals surface area (Å²) in [6.07, 6.45) is 0.587. The Bertz CT molecular complexity index is 1070. The highest BCUT2D eigenvalue weighted by molar-refractivity contribution is 7.91. The van der Waals surface area contributed by atoms with Crippen molar-refractivity contribution < 1.29 is 13.2 Å². The van der Waals surface area contributed by atoms with Crippen molar-refractivity contribution in [2.75, 3.05) is 30.4 Å². The largest absolute Gasteiger partial charge is 0.325 e. The van der Waals surface area contributed by atoms with Gasteiger partial charge in [0.05, 0.1) is 41.4 Å². The van der Waals surface area contributed by atoms with Crippen LogP contribution in [0.25, 0.3) is 0 Å².